The third-order valence-electron chi connectivity index (χ3n) is 1.91. The van der Waals surface area contributed by atoms with Gasteiger partial charge in [0, 0.05) is 6.26 Å². The molecule has 0 saturated carbocycles. The molecule has 0 amide bonds. The first kappa shape index (κ1) is 11.7. The Labute approximate surface area is 87.4 Å². The quantitative estimate of drug-likeness (QED) is 0.770. The van der Waals surface area contributed by atoms with Gasteiger partial charge in [0.25, 0.3) is 0 Å². The van der Waals surface area contributed by atoms with Crippen LogP contribution in [0.4, 0.5) is 0 Å². The highest BCUT2D eigenvalue weighted by atomic mass is 32.2. The fraction of sp³-hybridized carbons (Fsp3) is 0.222. The smallest absolute Gasteiger partial charge is 0.325 e. The molecule has 0 saturated heterocycles. The summed E-state index contributed by atoms with van der Waals surface area (Å²) in [5.74, 6) is -1.19. The van der Waals surface area contributed by atoms with Crippen LogP contribution in [0.2, 0.25) is 0 Å². The van der Waals surface area contributed by atoms with Crippen molar-refractivity contribution in [1.29, 1.82) is 0 Å². The van der Waals surface area contributed by atoms with Gasteiger partial charge in [-0.1, -0.05) is 12.1 Å². The van der Waals surface area contributed by atoms with Gasteiger partial charge in [0.1, 0.15) is 6.04 Å². The standard InChI is InChI=1S/C9H11NO4S/c1-15(13,14)7-4-2-3-6(5-7)8(10)9(11)12/h2-5,8H,10H2,1H3,(H,11,12). The summed E-state index contributed by atoms with van der Waals surface area (Å²) in [6.07, 6.45) is 1.05. The van der Waals surface area contributed by atoms with E-state index in [-0.39, 0.29) is 10.5 Å². The molecule has 0 aromatic heterocycles. The minimum atomic E-state index is -3.33. The van der Waals surface area contributed by atoms with Crippen molar-refractivity contribution in [2.24, 2.45) is 5.73 Å². The Balaban J connectivity index is 3.20. The number of hydrogen-bond donors (Lipinski definition) is 2. The summed E-state index contributed by atoms with van der Waals surface area (Å²) in [7, 11) is -3.33. The van der Waals surface area contributed by atoms with Crippen LogP contribution >= 0.6 is 0 Å². The second-order valence-electron chi connectivity index (χ2n) is 3.16. The number of benzene rings is 1. The SMILES string of the molecule is CS(=O)(=O)c1cccc(C(N)C(=O)O)c1. The lowest BCUT2D eigenvalue weighted by atomic mass is 10.1. The predicted molar refractivity (Wildman–Crippen MR) is 54.1 cm³/mol. The minimum Gasteiger partial charge on any atom is -0.480 e. The molecule has 1 aromatic rings. The summed E-state index contributed by atoms with van der Waals surface area (Å²) in [6.45, 7) is 0. The van der Waals surface area contributed by atoms with Crippen molar-refractivity contribution in [3.8, 4) is 0 Å². The average molecular weight is 229 g/mol. The van der Waals surface area contributed by atoms with Gasteiger partial charge in [0.2, 0.25) is 0 Å². The normalized spacial score (nSPS) is 13.5. The monoisotopic (exact) mass is 229 g/mol. The Kier molecular flexibility index (Phi) is 3.11. The van der Waals surface area contributed by atoms with Crippen LogP contribution in [0.1, 0.15) is 11.6 Å². The molecule has 0 spiro atoms. The van der Waals surface area contributed by atoms with E-state index in [1.165, 1.54) is 24.3 Å². The second-order valence-corrected chi connectivity index (χ2v) is 5.18. The van der Waals surface area contributed by atoms with Gasteiger partial charge in [0.05, 0.1) is 4.90 Å². The maximum Gasteiger partial charge on any atom is 0.325 e. The Morgan fingerprint density at radius 2 is 2.07 bits per heavy atom. The third kappa shape index (κ3) is 2.77. The molecule has 1 unspecified atom stereocenters. The molecular weight excluding hydrogens is 218 g/mol. The molecule has 3 N–H and O–H groups in total. The van der Waals surface area contributed by atoms with Gasteiger partial charge < -0.3 is 10.8 Å². The molecule has 82 valence electrons. The predicted octanol–water partition coefficient (Wildman–Crippen LogP) is 0.174. The fourth-order valence-corrected chi connectivity index (χ4v) is 1.76. The number of aliphatic carboxylic acids is 1. The molecule has 0 bridgehead atoms. The lowest BCUT2D eigenvalue weighted by molar-refractivity contribution is -0.138. The number of rotatable bonds is 3. The van der Waals surface area contributed by atoms with Crippen LogP contribution in [0.3, 0.4) is 0 Å². The van der Waals surface area contributed by atoms with Crippen LogP contribution in [0.15, 0.2) is 29.2 Å². The first-order chi connectivity index (χ1) is 6.82. The van der Waals surface area contributed by atoms with Crippen molar-refractivity contribution in [1.82, 2.24) is 0 Å². The topological polar surface area (TPSA) is 97.5 Å². The van der Waals surface area contributed by atoms with Crippen LogP contribution in [-0.2, 0) is 14.6 Å². The highest BCUT2D eigenvalue weighted by Gasteiger charge is 2.16. The number of hydrogen-bond acceptors (Lipinski definition) is 4. The first-order valence-electron chi connectivity index (χ1n) is 4.11. The van der Waals surface area contributed by atoms with E-state index in [4.69, 9.17) is 10.8 Å². The van der Waals surface area contributed by atoms with Crippen molar-refractivity contribution in [3.05, 3.63) is 29.8 Å². The molecule has 0 fully saturated rings. The first-order valence-corrected chi connectivity index (χ1v) is 6.00. The molecule has 6 heteroatoms. The lowest BCUT2D eigenvalue weighted by Gasteiger charge is -2.07. The Bertz CT molecular complexity index is 481. The van der Waals surface area contributed by atoms with E-state index in [1.54, 1.807) is 0 Å². The summed E-state index contributed by atoms with van der Waals surface area (Å²) in [5, 5.41) is 8.65. The van der Waals surface area contributed by atoms with E-state index >= 15 is 0 Å². The lowest BCUT2D eigenvalue weighted by Crippen LogP contribution is -2.20. The Morgan fingerprint density at radius 3 is 2.53 bits per heavy atom. The number of nitrogens with two attached hydrogens (primary N) is 1. The maximum atomic E-state index is 11.2. The van der Waals surface area contributed by atoms with Crippen molar-refractivity contribution < 1.29 is 18.3 Å². The fourth-order valence-electron chi connectivity index (χ4n) is 1.08. The molecule has 0 aliphatic rings. The van der Waals surface area contributed by atoms with E-state index in [1.807, 2.05) is 0 Å². The van der Waals surface area contributed by atoms with Crippen LogP contribution in [0, 0.1) is 0 Å². The molecular formula is C9H11NO4S. The van der Waals surface area contributed by atoms with Gasteiger partial charge in [-0.05, 0) is 17.7 Å². The van der Waals surface area contributed by atoms with E-state index in [0.717, 1.165) is 6.26 Å². The summed E-state index contributed by atoms with van der Waals surface area (Å²) in [5.41, 5.74) is 5.62. The van der Waals surface area contributed by atoms with Gasteiger partial charge in [0.15, 0.2) is 9.84 Å². The van der Waals surface area contributed by atoms with E-state index in [2.05, 4.69) is 0 Å². The second kappa shape index (κ2) is 4.00. The number of carboxylic acid groups (broad SMARTS) is 1. The third-order valence-corrected chi connectivity index (χ3v) is 3.02. The van der Waals surface area contributed by atoms with Crippen molar-refractivity contribution in [2.45, 2.75) is 10.9 Å². The molecule has 0 aliphatic carbocycles. The van der Waals surface area contributed by atoms with Crippen molar-refractivity contribution in [2.75, 3.05) is 6.26 Å². The molecule has 0 heterocycles. The van der Waals surface area contributed by atoms with Crippen LogP contribution in [0.25, 0.3) is 0 Å². The largest absolute Gasteiger partial charge is 0.480 e. The van der Waals surface area contributed by atoms with Crippen LogP contribution in [-0.4, -0.2) is 25.7 Å². The molecule has 0 radical (unpaired) electrons. The van der Waals surface area contributed by atoms with Crippen molar-refractivity contribution in [3.63, 3.8) is 0 Å². The molecule has 1 atom stereocenters. The zero-order chi connectivity index (χ0) is 11.6. The van der Waals surface area contributed by atoms with Gasteiger partial charge in [-0.3, -0.25) is 4.79 Å². The molecule has 5 nitrogen and oxygen atoms in total. The zero-order valence-corrected chi connectivity index (χ0v) is 8.86. The van der Waals surface area contributed by atoms with E-state index in [0.29, 0.717) is 0 Å². The summed E-state index contributed by atoms with van der Waals surface area (Å²) < 4.78 is 22.4. The summed E-state index contributed by atoms with van der Waals surface area (Å²) in [4.78, 5) is 10.7. The highest BCUT2D eigenvalue weighted by molar-refractivity contribution is 7.90. The van der Waals surface area contributed by atoms with Crippen LogP contribution < -0.4 is 5.73 Å². The Hall–Kier alpha value is -1.40. The average Bonchev–Trinajstić information content (AvgIpc) is 2.15. The van der Waals surface area contributed by atoms with Gasteiger partial charge in [-0.2, -0.15) is 0 Å². The maximum absolute atomic E-state index is 11.2. The molecule has 1 rings (SSSR count). The Morgan fingerprint density at radius 1 is 1.47 bits per heavy atom. The molecule has 1 aromatic carbocycles. The van der Waals surface area contributed by atoms with Crippen molar-refractivity contribution >= 4 is 15.8 Å². The van der Waals surface area contributed by atoms with Gasteiger partial charge in [-0.15, -0.1) is 0 Å². The van der Waals surface area contributed by atoms with Gasteiger partial charge >= 0.3 is 5.97 Å². The van der Waals surface area contributed by atoms with Crippen LogP contribution in [0.5, 0.6) is 0 Å². The molecule has 15 heavy (non-hydrogen) atoms. The minimum absolute atomic E-state index is 0.0664. The number of carboxylic acids is 1. The van der Waals surface area contributed by atoms with E-state index < -0.39 is 21.8 Å². The summed E-state index contributed by atoms with van der Waals surface area (Å²) in [6, 6.07) is 4.41. The molecule has 0 aliphatic heterocycles. The van der Waals surface area contributed by atoms with E-state index in [9.17, 15) is 13.2 Å². The van der Waals surface area contributed by atoms with Gasteiger partial charge in [-0.25, -0.2) is 8.42 Å². The highest BCUT2D eigenvalue weighted by Crippen LogP contribution is 2.16. The number of sulfone groups is 1. The number of carbonyl (C=O) groups is 1. The zero-order valence-electron chi connectivity index (χ0n) is 8.04. The summed E-state index contributed by atoms with van der Waals surface area (Å²) >= 11 is 0.